The summed E-state index contributed by atoms with van der Waals surface area (Å²) in [5, 5.41) is 0. The van der Waals surface area contributed by atoms with Gasteiger partial charge in [0, 0.05) is 5.56 Å². The summed E-state index contributed by atoms with van der Waals surface area (Å²) >= 11 is 0. The Kier molecular flexibility index (Phi) is 9.13. The van der Waals surface area contributed by atoms with Crippen molar-refractivity contribution in [2.75, 3.05) is 0 Å². The molecular formula is C29H36F2. The van der Waals surface area contributed by atoms with Crippen molar-refractivity contribution in [1.29, 1.82) is 0 Å². The zero-order valence-corrected chi connectivity index (χ0v) is 19.2. The summed E-state index contributed by atoms with van der Waals surface area (Å²) in [5.74, 6) is 5.64. The van der Waals surface area contributed by atoms with E-state index < -0.39 is 11.6 Å². The van der Waals surface area contributed by atoms with E-state index in [1.807, 2.05) is 12.1 Å². The second-order valence-corrected chi connectivity index (χ2v) is 9.12. The Morgan fingerprint density at radius 3 is 2.06 bits per heavy atom. The van der Waals surface area contributed by atoms with Gasteiger partial charge >= 0.3 is 0 Å². The maximum Gasteiger partial charge on any atom is 0.142 e. The molecule has 2 aromatic rings. The lowest BCUT2D eigenvalue weighted by atomic mass is 9.77. The SMILES string of the molecule is CCCCCc1ccc(C#Cc2c(F)cc(C3CCC(CCCC)CC3)cc2F)cc1. The molecule has 0 spiro atoms. The summed E-state index contributed by atoms with van der Waals surface area (Å²) in [7, 11) is 0. The molecule has 1 saturated carbocycles. The number of halogens is 2. The van der Waals surface area contributed by atoms with Crippen LogP contribution in [-0.4, -0.2) is 0 Å². The quantitative estimate of drug-likeness (QED) is 0.295. The molecule has 1 fully saturated rings. The van der Waals surface area contributed by atoms with Crippen molar-refractivity contribution in [3.8, 4) is 11.8 Å². The third kappa shape index (κ3) is 6.93. The zero-order valence-electron chi connectivity index (χ0n) is 19.2. The molecule has 0 aromatic heterocycles. The normalized spacial score (nSPS) is 18.5. The van der Waals surface area contributed by atoms with E-state index in [1.54, 1.807) is 0 Å². The molecule has 2 heteroatoms. The predicted octanol–water partition coefficient (Wildman–Crippen LogP) is 8.56. The zero-order chi connectivity index (χ0) is 22.1. The molecule has 1 aliphatic carbocycles. The monoisotopic (exact) mass is 422 g/mol. The van der Waals surface area contributed by atoms with Gasteiger partial charge in [0.25, 0.3) is 0 Å². The first-order valence-corrected chi connectivity index (χ1v) is 12.2. The smallest absolute Gasteiger partial charge is 0.142 e. The van der Waals surface area contributed by atoms with Crippen LogP contribution in [0.4, 0.5) is 8.78 Å². The maximum absolute atomic E-state index is 14.7. The van der Waals surface area contributed by atoms with Crippen molar-refractivity contribution in [2.45, 2.75) is 90.4 Å². The largest absolute Gasteiger partial charge is 0.206 e. The molecular weight excluding hydrogens is 386 g/mol. The van der Waals surface area contributed by atoms with Crippen molar-refractivity contribution in [3.63, 3.8) is 0 Å². The van der Waals surface area contributed by atoms with Gasteiger partial charge < -0.3 is 0 Å². The lowest BCUT2D eigenvalue weighted by molar-refractivity contribution is 0.303. The molecule has 31 heavy (non-hydrogen) atoms. The van der Waals surface area contributed by atoms with E-state index in [0.717, 1.165) is 36.3 Å². The number of hydrogen-bond acceptors (Lipinski definition) is 0. The molecule has 0 unspecified atom stereocenters. The molecule has 2 aromatic carbocycles. The van der Waals surface area contributed by atoms with Crippen LogP contribution in [0.15, 0.2) is 36.4 Å². The number of hydrogen-bond donors (Lipinski definition) is 0. The Labute approximate surface area is 187 Å². The summed E-state index contributed by atoms with van der Waals surface area (Å²) in [6, 6.07) is 11.0. The molecule has 0 saturated heterocycles. The molecule has 0 heterocycles. The van der Waals surface area contributed by atoms with Crippen molar-refractivity contribution in [1.82, 2.24) is 0 Å². The van der Waals surface area contributed by atoms with Crippen molar-refractivity contribution in [2.24, 2.45) is 5.92 Å². The first-order valence-electron chi connectivity index (χ1n) is 12.2. The van der Waals surface area contributed by atoms with Gasteiger partial charge in [-0.2, -0.15) is 0 Å². The van der Waals surface area contributed by atoms with Gasteiger partial charge in [-0.3, -0.25) is 0 Å². The van der Waals surface area contributed by atoms with Gasteiger partial charge in [0.15, 0.2) is 0 Å². The van der Waals surface area contributed by atoms with Crippen molar-refractivity contribution in [3.05, 3.63) is 70.3 Å². The molecule has 0 N–H and O–H groups in total. The summed E-state index contributed by atoms with van der Waals surface area (Å²) in [6.45, 7) is 4.42. The molecule has 0 nitrogen and oxygen atoms in total. The molecule has 3 rings (SSSR count). The fraction of sp³-hybridized carbons (Fsp3) is 0.517. The van der Waals surface area contributed by atoms with Crippen LogP contribution in [0, 0.1) is 29.4 Å². The number of unbranched alkanes of at least 4 members (excludes halogenated alkanes) is 3. The highest BCUT2D eigenvalue weighted by molar-refractivity contribution is 5.46. The van der Waals surface area contributed by atoms with Crippen LogP contribution in [-0.2, 0) is 6.42 Å². The Morgan fingerprint density at radius 2 is 1.45 bits per heavy atom. The van der Waals surface area contributed by atoms with Crippen LogP contribution >= 0.6 is 0 Å². The number of benzene rings is 2. The average molecular weight is 423 g/mol. The Morgan fingerprint density at radius 1 is 0.806 bits per heavy atom. The third-order valence-corrected chi connectivity index (χ3v) is 6.70. The van der Waals surface area contributed by atoms with E-state index in [9.17, 15) is 8.78 Å². The van der Waals surface area contributed by atoms with Crippen molar-refractivity contribution >= 4 is 0 Å². The first-order chi connectivity index (χ1) is 15.1. The minimum absolute atomic E-state index is 0.118. The number of rotatable bonds is 8. The fourth-order valence-corrected chi connectivity index (χ4v) is 4.69. The van der Waals surface area contributed by atoms with Crippen LogP contribution in [0.25, 0.3) is 0 Å². The van der Waals surface area contributed by atoms with E-state index in [-0.39, 0.29) is 11.5 Å². The van der Waals surface area contributed by atoms with E-state index in [0.29, 0.717) is 0 Å². The molecule has 0 atom stereocenters. The minimum atomic E-state index is -0.535. The van der Waals surface area contributed by atoms with Crippen LogP contribution in [0.5, 0.6) is 0 Å². The van der Waals surface area contributed by atoms with Crippen molar-refractivity contribution < 1.29 is 8.78 Å². The van der Waals surface area contributed by atoms with Crippen LogP contribution in [0.3, 0.4) is 0 Å². The first kappa shape index (κ1) is 23.5. The topological polar surface area (TPSA) is 0 Å². The molecule has 0 bridgehead atoms. The van der Waals surface area contributed by atoms with Gasteiger partial charge in [0.1, 0.15) is 11.6 Å². The van der Waals surface area contributed by atoms with Gasteiger partial charge in [-0.1, -0.05) is 69.9 Å². The highest BCUT2D eigenvalue weighted by Crippen LogP contribution is 2.38. The van der Waals surface area contributed by atoms with Gasteiger partial charge in [0.2, 0.25) is 0 Å². The second-order valence-electron chi connectivity index (χ2n) is 9.12. The Bertz CT molecular complexity index is 854. The van der Waals surface area contributed by atoms with Crippen LogP contribution in [0.1, 0.15) is 106 Å². The Balaban J connectivity index is 1.64. The maximum atomic E-state index is 14.7. The summed E-state index contributed by atoms with van der Waals surface area (Å²) in [6.07, 6.45) is 12.9. The molecule has 0 aliphatic heterocycles. The summed E-state index contributed by atoms with van der Waals surface area (Å²) < 4.78 is 29.4. The molecule has 0 amide bonds. The van der Waals surface area contributed by atoms with Gasteiger partial charge in [-0.05, 0) is 85.8 Å². The Hall–Kier alpha value is -2.14. The lowest BCUT2D eigenvalue weighted by Gasteiger charge is -2.29. The average Bonchev–Trinajstić information content (AvgIpc) is 2.78. The van der Waals surface area contributed by atoms with E-state index in [1.165, 1.54) is 69.1 Å². The molecule has 166 valence electrons. The lowest BCUT2D eigenvalue weighted by Crippen LogP contribution is -2.14. The number of aryl methyl sites for hydroxylation is 1. The molecule has 0 radical (unpaired) electrons. The van der Waals surface area contributed by atoms with Gasteiger partial charge in [-0.15, -0.1) is 0 Å². The summed E-state index contributed by atoms with van der Waals surface area (Å²) in [5.41, 5.74) is 2.75. The highest BCUT2D eigenvalue weighted by atomic mass is 19.1. The molecule has 1 aliphatic rings. The van der Waals surface area contributed by atoms with E-state index in [2.05, 4.69) is 37.8 Å². The predicted molar refractivity (Wildman–Crippen MR) is 126 cm³/mol. The van der Waals surface area contributed by atoms with Crippen LogP contribution < -0.4 is 0 Å². The fourth-order valence-electron chi connectivity index (χ4n) is 4.69. The second kappa shape index (κ2) is 12.0. The van der Waals surface area contributed by atoms with E-state index >= 15 is 0 Å². The third-order valence-electron chi connectivity index (χ3n) is 6.70. The van der Waals surface area contributed by atoms with Crippen LogP contribution in [0.2, 0.25) is 0 Å². The standard InChI is InChI=1S/C29H36F2/c1-3-5-7-9-23-10-12-24(13-11-23)16-19-27-28(30)20-26(21-29(27)31)25-17-14-22(15-18-25)8-6-4-2/h10-13,20-22,25H,3-9,14-15,17-18H2,1-2H3. The minimum Gasteiger partial charge on any atom is -0.206 e. The highest BCUT2D eigenvalue weighted by Gasteiger charge is 2.23. The van der Waals surface area contributed by atoms with Gasteiger partial charge in [0.05, 0.1) is 5.56 Å². The summed E-state index contributed by atoms with van der Waals surface area (Å²) in [4.78, 5) is 0. The van der Waals surface area contributed by atoms with Gasteiger partial charge in [-0.25, -0.2) is 8.78 Å². The van der Waals surface area contributed by atoms with E-state index in [4.69, 9.17) is 0 Å².